The number of carboxylic acids is 1. The van der Waals surface area contributed by atoms with Crippen molar-refractivity contribution in [3.63, 3.8) is 0 Å². The van der Waals surface area contributed by atoms with Crippen molar-refractivity contribution in [1.29, 1.82) is 0 Å². The first-order valence-electron chi connectivity index (χ1n) is 11.8. The van der Waals surface area contributed by atoms with Crippen LogP contribution in [0.1, 0.15) is 40.9 Å². The SMILES string of the molecule is O=C(O)c1c(OC2CN(C(=O)Cn3cc(CN4CCCCC4)nn3)C2)ccc2c1OB(O)CC2. The van der Waals surface area contributed by atoms with Crippen LogP contribution in [0.4, 0.5) is 0 Å². The van der Waals surface area contributed by atoms with Crippen molar-refractivity contribution < 1.29 is 29.1 Å². The standard InChI is InChI=1S/C22H28BN5O6/c29-19(14-28-11-16(24-25-28)10-26-8-2-1-3-9-26)27-12-17(13-27)33-18-5-4-15-6-7-23(32)34-21(15)20(18)22(30)31/h4-5,11,17,32H,1-3,6-10,12-14H2,(H,30,31). The number of hydrogen-bond donors (Lipinski definition) is 2. The second-order valence-electron chi connectivity index (χ2n) is 9.13. The summed E-state index contributed by atoms with van der Waals surface area (Å²) in [7, 11) is -1.03. The Labute approximate surface area is 197 Å². The number of benzene rings is 1. The Morgan fingerprint density at radius 1 is 1.21 bits per heavy atom. The first-order chi connectivity index (χ1) is 16.5. The molecular weight excluding hydrogens is 441 g/mol. The van der Waals surface area contributed by atoms with Crippen molar-refractivity contribution in [2.45, 2.75) is 51.2 Å². The molecule has 11 nitrogen and oxygen atoms in total. The molecule has 2 aromatic rings. The third-order valence-corrected chi connectivity index (χ3v) is 6.54. The van der Waals surface area contributed by atoms with Gasteiger partial charge < -0.3 is 24.4 Å². The summed E-state index contributed by atoms with van der Waals surface area (Å²) < 4.78 is 12.8. The van der Waals surface area contributed by atoms with Crippen LogP contribution in [0.3, 0.4) is 0 Å². The van der Waals surface area contributed by atoms with Crippen LogP contribution in [-0.4, -0.2) is 86.2 Å². The highest BCUT2D eigenvalue weighted by Gasteiger charge is 2.35. The van der Waals surface area contributed by atoms with Crippen LogP contribution in [0, 0.1) is 0 Å². The predicted octanol–water partition coefficient (Wildman–Crippen LogP) is 0.667. The van der Waals surface area contributed by atoms with E-state index in [0.717, 1.165) is 30.9 Å². The quantitative estimate of drug-likeness (QED) is 0.562. The molecule has 3 aliphatic heterocycles. The van der Waals surface area contributed by atoms with E-state index in [0.29, 0.717) is 25.8 Å². The molecule has 0 radical (unpaired) electrons. The molecule has 1 aromatic carbocycles. The van der Waals surface area contributed by atoms with Crippen molar-refractivity contribution in [2.75, 3.05) is 26.2 Å². The Kier molecular flexibility index (Phi) is 6.42. The van der Waals surface area contributed by atoms with Gasteiger partial charge in [0, 0.05) is 6.54 Å². The molecule has 2 fully saturated rings. The molecule has 0 spiro atoms. The number of aryl methyl sites for hydroxylation is 1. The third kappa shape index (κ3) is 4.87. The third-order valence-electron chi connectivity index (χ3n) is 6.54. The predicted molar refractivity (Wildman–Crippen MR) is 121 cm³/mol. The number of aromatic carboxylic acids is 1. The van der Waals surface area contributed by atoms with Gasteiger partial charge in [0.1, 0.15) is 29.7 Å². The first-order valence-corrected chi connectivity index (χ1v) is 11.8. The van der Waals surface area contributed by atoms with Crippen molar-refractivity contribution in [3.05, 3.63) is 35.2 Å². The highest BCUT2D eigenvalue weighted by Crippen LogP contribution is 2.37. The van der Waals surface area contributed by atoms with Gasteiger partial charge in [-0.05, 0) is 50.3 Å². The Balaban J connectivity index is 1.15. The molecule has 12 heteroatoms. The maximum atomic E-state index is 12.6. The first kappa shape index (κ1) is 22.7. The van der Waals surface area contributed by atoms with Crippen molar-refractivity contribution in [3.8, 4) is 11.5 Å². The number of rotatable bonds is 7. The van der Waals surface area contributed by atoms with Gasteiger partial charge in [0.25, 0.3) is 0 Å². The van der Waals surface area contributed by atoms with Gasteiger partial charge in [-0.2, -0.15) is 0 Å². The zero-order chi connectivity index (χ0) is 23.7. The lowest BCUT2D eigenvalue weighted by Gasteiger charge is -2.39. The number of fused-ring (bicyclic) bond motifs is 1. The summed E-state index contributed by atoms with van der Waals surface area (Å²) in [5.41, 5.74) is 1.50. The van der Waals surface area contributed by atoms with E-state index in [4.69, 9.17) is 9.39 Å². The van der Waals surface area contributed by atoms with E-state index in [1.54, 1.807) is 21.7 Å². The number of amides is 1. The molecular formula is C22H28BN5O6. The average Bonchev–Trinajstić information content (AvgIpc) is 3.22. The van der Waals surface area contributed by atoms with Crippen LogP contribution in [0.2, 0.25) is 6.32 Å². The summed E-state index contributed by atoms with van der Waals surface area (Å²) in [5, 5.41) is 27.8. The minimum Gasteiger partial charge on any atom is -0.535 e. The number of carbonyl (C=O) groups excluding carboxylic acids is 1. The highest BCUT2D eigenvalue weighted by atomic mass is 16.5. The molecule has 180 valence electrons. The smallest absolute Gasteiger partial charge is 0.522 e. The number of nitrogens with zero attached hydrogens (tertiary/aromatic N) is 5. The van der Waals surface area contributed by atoms with Crippen molar-refractivity contribution >= 4 is 19.0 Å². The van der Waals surface area contributed by atoms with Gasteiger partial charge in [0.05, 0.1) is 25.0 Å². The van der Waals surface area contributed by atoms with Crippen LogP contribution in [-0.2, 0) is 24.3 Å². The fourth-order valence-electron chi connectivity index (χ4n) is 4.68. The van der Waals surface area contributed by atoms with Gasteiger partial charge in [-0.3, -0.25) is 9.69 Å². The zero-order valence-electron chi connectivity index (χ0n) is 18.9. The van der Waals surface area contributed by atoms with E-state index in [2.05, 4.69) is 15.2 Å². The van der Waals surface area contributed by atoms with Crippen molar-refractivity contribution in [1.82, 2.24) is 24.8 Å². The maximum Gasteiger partial charge on any atom is 0.522 e. The average molecular weight is 469 g/mol. The fraction of sp³-hybridized carbons (Fsp3) is 0.545. The molecule has 4 heterocycles. The summed E-state index contributed by atoms with van der Waals surface area (Å²) >= 11 is 0. The van der Waals surface area contributed by atoms with E-state index in [-0.39, 0.29) is 35.6 Å². The Bertz CT molecular complexity index is 1070. The van der Waals surface area contributed by atoms with Gasteiger partial charge in [0.15, 0.2) is 0 Å². The van der Waals surface area contributed by atoms with E-state index >= 15 is 0 Å². The Morgan fingerprint density at radius 2 is 2.00 bits per heavy atom. The van der Waals surface area contributed by atoms with Crippen LogP contribution in [0.5, 0.6) is 11.5 Å². The molecule has 2 saturated heterocycles. The second kappa shape index (κ2) is 9.63. The maximum absolute atomic E-state index is 12.6. The summed E-state index contributed by atoms with van der Waals surface area (Å²) in [6.07, 6.45) is 6.14. The summed E-state index contributed by atoms with van der Waals surface area (Å²) in [4.78, 5) is 28.5. The molecule has 1 aromatic heterocycles. The largest absolute Gasteiger partial charge is 0.535 e. The van der Waals surface area contributed by atoms with Gasteiger partial charge in [-0.1, -0.05) is 17.7 Å². The van der Waals surface area contributed by atoms with Crippen LogP contribution < -0.4 is 9.39 Å². The molecule has 0 saturated carbocycles. The molecule has 5 rings (SSSR count). The topological polar surface area (TPSA) is 130 Å². The Hall–Kier alpha value is -3.12. The molecule has 0 unspecified atom stereocenters. The van der Waals surface area contributed by atoms with E-state index < -0.39 is 13.1 Å². The normalized spacial score (nSPS) is 18.7. The number of carboxylic acid groups (broad SMARTS) is 1. The fourth-order valence-corrected chi connectivity index (χ4v) is 4.68. The van der Waals surface area contributed by atoms with Gasteiger partial charge >= 0.3 is 13.1 Å². The minimum atomic E-state index is -1.18. The lowest BCUT2D eigenvalue weighted by atomic mass is 9.78. The number of hydrogen-bond acceptors (Lipinski definition) is 8. The highest BCUT2D eigenvalue weighted by molar-refractivity contribution is 6.44. The molecule has 0 aliphatic carbocycles. The minimum absolute atomic E-state index is 0.0927. The molecule has 1 amide bonds. The summed E-state index contributed by atoms with van der Waals surface area (Å²) in [6, 6.07) is 3.38. The van der Waals surface area contributed by atoms with E-state index in [9.17, 15) is 19.7 Å². The number of likely N-dealkylation sites (tertiary alicyclic amines) is 2. The second-order valence-corrected chi connectivity index (χ2v) is 9.13. The van der Waals surface area contributed by atoms with Crippen LogP contribution in [0.25, 0.3) is 0 Å². The monoisotopic (exact) mass is 469 g/mol. The van der Waals surface area contributed by atoms with Crippen molar-refractivity contribution in [2.24, 2.45) is 0 Å². The molecule has 0 bridgehead atoms. The summed E-state index contributed by atoms with van der Waals surface area (Å²) in [6.45, 7) is 3.70. The van der Waals surface area contributed by atoms with Gasteiger partial charge in [-0.15, -0.1) is 5.10 Å². The molecule has 0 atom stereocenters. The molecule has 2 N–H and O–H groups in total. The number of carbonyl (C=O) groups is 2. The number of aromatic nitrogens is 3. The lowest BCUT2D eigenvalue weighted by Crippen LogP contribution is -2.57. The van der Waals surface area contributed by atoms with E-state index in [1.165, 1.54) is 19.3 Å². The number of piperidine rings is 1. The van der Waals surface area contributed by atoms with Crippen LogP contribution >= 0.6 is 0 Å². The Morgan fingerprint density at radius 3 is 2.76 bits per heavy atom. The van der Waals surface area contributed by atoms with E-state index in [1.807, 2.05) is 6.20 Å². The number of ether oxygens (including phenoxy) is 1. The van der Waals surface area contributed by atoms with Gasteiger partial charge in [0.2, 0.25) is 5.91 Å². The van der Waals surface area contributed by atoms with Crippen LogP contribution in [0.15, 0.2) is 18.3 Å². The molecule has 3 aliphatic rings. The zero-order valence-corrected chi connectivity index (χ0v) is 18.9. The summed E-state index contributed by atoms with van der Waals surface area (Å²) in [5.74, 6) is -0.942. The van der Waals surface area contributed by atoms with Gasteiger partial charge in [-0.25, -0.2) is 9.48 Å². The molecule has 34 heavy (non-hydrogen) atoms. The lowest BCUT2D eigenvalue weighted by molar-refractivity contribution is -0.140.